The Morgan fingerprint density at radius 2 is 1.51 bits per heavy atom. The van der Waals surface area contributed by atoms with Gasteiger partial charge in [0.05, 0.1) is 0 Å². The summed E-state index contributed by atoms with van der Waals surface area (Å²) < 4.78 is 14.9. The monoisotopic (exact) mass is 512 g/mol. The summed E-state index contributed by atoms with van der Waals surface area (Å²) in [6, 6.07) is 0. The summed E-state index contributed by atoms with van der Waals surface area (Å²) in [7, 11) is 5.66. The van der Waals surface area contributed by atoms with Crippen molar-refractivity contribution >= 4 is 18.5 Å². The molecule has 0 aliphatic carbocycles. The van der Waals surface area contributed by atoms with Crippen LogP contribution in [0.5, 0.6) is 0 Å². The van der Waals surface area contributed by atoms with Gasteiger partial charge in [-0.25, -0.2) is 14.8 Å². The van der Waals surface area contributed by atoms with Crippen molar-refractivity contribution in [1.29, 1.82) is 0 Å². The molecule has 2 saturated heterocycles. The number of aliphatic hydroxyl groups is 1. The van der Waals surface area contributed by atoms with Gasteiger partial charge in [0, 0.05) is 71.9 Å². The molecule has 2 aromatic heterocycles. The number of hydrogen-bond acceptors (Lipinski definition) is 7. The molecule has 0 atom stereocenters. The molecule has 4 rings (SSSR count). The van der Waals surface area contributed by atoms with Gasteiger partial charge in [-0.05, 0) is 46.7 Å². The number of methoxy groups -OCH3 is 1. The van der Waals surface area contributed by atoms with Crippen molar-refractivity contribution in [2.75, 3.05) is 33.3 Å². The maximum absolute atomic E-state index is 12.0. The SMILES string of the molecule is COC1(c2nccn2C)CCNCC1.Cl.Cn1ccnc1C1(O)CCN(C(=O)OC(C)(C)C)CC1. The minimum atomic E-state index is -0.962. The maximum atomic E-state index is 12.0. The number of nitrogens with one attached hydrogen (secondary N) is 1. The summed E-state index contributed by atoms with van der Waals surface area (Å²) in [5.41, 5.74) is -1.63. The number of rotatable bonds is 3. The van der Waals surface area contributed by atoms with Crippen LogP contribution in [-0.2, 0) is 34.8 Å². The van der Waals surface area contributed by atoms with Crippen LogP contribution in [0.1, 0.15) is 58.1 Å². The van der Waals surface area contributed by atoms with Crippen LogP contribution < -0.4 is 5.32 Å². The highest BCUT2D eigenvalue weighted by molar-refractivity contribution is 5.85. The zero-order valence-electron chi connectivity index (χ0n) is 21.8. The van der Waals surface area contributed by atoms with Gasteiger partial charge in [0.1, 0.15) is 28.5 Å². The number of ether oxygens (including phenoxy) is 2. The number of likely N-dealkylation sites (tertiary alicyclic amines) is 1. The molecule has 2 aliphatic heterocycles. The van der Waals surface area contributed by atoms with E-state index in [9.17, 15) is 9.90 Å². The van der Waals surface area contributed by atoms with E-state index in [2.05, 4.69) is 19.9 Å². The fourth-order valence-corrected chi connectivity index (χ4v) is 4.58. The Hall–Kier alpha value is -2.14. The number of aryl methyl sites for hydroxylation is 2. The third-order valence-corrected chi connectivity index (χ3v) is 6.51. The summed E-state index contributed by atoms with van der Waals surface area (Å²) >= 11 is 0. The van der Waals surface area contributed by atoms with Crippen LogP contribution in [0.2, 0.25) is 0 Å². The lowest BCUT2D eigenvalue weighted by molar-refractivity contribution is -0.0480. The van der Waals surface area contributed by atoms with E-state index in [1.165, 1.54) is 0 Å². The largest absolute Gasteiger partial charge is 0.444 e. The van der Waals surface area contributed by atoms with Crippen LogP contribution >= 0.6 is 12.4 Å². The van der Waals surface area contributed by atoms with E-state index in [-0.39, 0.29) is 24.1 Å². The first-order chi connectivity index (χ1) is 16.0. The highest BCUT2D eigenvalue weighted by Gasteiger charge is 2.39. The Labute approximate surface area is 214 Å². The average Bonchev–Trinajstić information content (AvgIpc) is 3.42. The van der Waals surface area contributed by atoms with Gasteiger partial charge < -0.3 is 33.9 Å². The molecule has 2 aliphatic rings. The van der Waals surface area contributed by atoms with Crippen LogP contribution in [0, 0.1) is 0 Å². The third kappa shape index (κ3) is 6.97. The molecule has 2 N–H and O–H groups in total. The fraction of sp³-hybridized carbons (Fsp3) is 0.708. The van der Waals surface area contributed by atoms with Crippen LogP contribution in [0.15, 0.2) is 24.8 Å². The van der Waals surface area contributed by atoms with Crippen molar-refractivity contribution < 1.29 is 19.4 Å². The first-order valence-electron chi connectivity index (χ1n) is 11.9. The van der Waals surface area contributed by atoms with Gasteiger partial charge in [-0.3, -0.25) is 0 Å². The Morgan fingerprint density at radius 1 is 1.00 bits per heavy atom. The molecule has 35 heavy (non-hydrogen) atoms. The number of carbonyl (C=O) groups excluding carboxylic acids is 1. The summed E-state index contributed by atoms with van der Waals surface area (Å²) in [4.78, 5) is 22.2. The second-order valence-electron chi connectivity index (χ2n) is 10.2. The van der Waals surface area contributed by atoms with Crippen molar-refractivity contribution in [3.63, 3.8) is 0 Å². The minimum Gasteiger partial charge on any atom is -0.444 e. The van der Waals surface area contributed by atoms with E-state index >= 15 is 0 Å². The molecule has 2 aromatic rings. The highest BCUT2D eigenvalue weighted by Crippen LogP contribution is 2.33. The number of hydrogen-bond donors (Lipinski definition) is 2. The number of halogens is 1. The Bertz CT molecular complexity index is 940. The number of carbonyl (C=O) groups is 1. The van der Waals surface area contributed by atoms with E-state index in [0.717, 1.165) is 31.8 Å². The first-order valence-corrected chi connectivity index (χ1v) is 11.9. The molecule has 2 fully saturated rings. The number of amides is 1. The van der Waals surface area contributed by atoms with Gasteiger partial charge in [0.15, 0.2) is 0 Å². The average molecular weight is 513 g/mol. The molecule has 0 bridgehead atoms. The molecule has 0 radical (unpaired) electrons. The summed E-state index contributed by atoms with van der Waals surface area (Å²) in [6.07, 6.45) is 9.90. The number of aromatic nitrogens is 4. The zero-order chi connectivity index (χ0) is 25.0. The summed E-state index contributed by atoms with van der Waals surface area (Å²) in [6.45, 7) is 8.48. The first kappa shape index (κ1) is 29.1. The number of imidazole rings is 2. The quantitative estimate of drug-likeness (QED) is 0.651. The van der Waals surface area contributed by atoms with Crippen LogP contribution in [-0.4, -0.2) is 74.1 Å². The molecule has 4 heterocycles. The van der Waals surface area contributed by atoms with Crippen LogP contribution in [0.25, 0.3) is 0 Å². The van der Waals surface area contributed by atoms with Gasteiger partial charge in [-0.2, -0.15) is 0 Å². The third-order valence-electron chi connectivity index (χ3n) is 6.51. The molecule has 0 unspecified atom stereocenters. The normalized spacial score (nSPS) is 19.2. The molecular formula is C24H41ClN6O4. The van der Waals surface area contributed by atoms with Crippen molar-refractivity contribution in [2.24, 2.45) is 14.1 Å². The molecule has 0 aromatic carbocycles. The van der Waals surface area contributed by atoms with E-state index < -0.39 is 11.2 Å². The predicted octanol–water partition coefficient (Wildman–Crippen LogP) is 2.71. The van der Waals surface area contributed by atoms with Gasteiger partial charge in [0.25, 0.3) is 0 Å². The summed E-state index contributed by atoms with van der Waals surface area (Å²) in [5.74, 6) is 1.70. The second-order valence-corrected chi connectivity index (χ2v) is 10.2. The van der Waals surface area contributed by atoms with Crippen molar-refractivity contribution in [1.82, 2.24) is 29.3 Å². The predicted molar refractivity (Wildman–Crippen MR) is 135 cm³/mol. The molecule has 198 valence electrons. The van der Waals surface area contributed by atoms with Gasteiger partial charge in [0.2, 0.25) is 0 Å². The lowest BCUT2D eigenvalue weighted by Gasteiger charge is -2.38. The second kappa shape index (κ2) is 11.7. The highest BCUT2D eigenvalue weighted by atomic mass is 35.5. The fourth-order valence-electron chi connectivity index (χ4n) is 4.58. The zero-order valence-corrected chi connectivity index (χ0v) is 22.6. The van der Waals surface area contributed by atoms with Gasteiger partial charge in [-0.1, -0.05) is 0 Å². The molecule has 11 heteroatoms. The number of nitrogens with zero attached hydrogens (tertiary/aromatic N) is 5. The minimum absolute atomic E-state index is 0. The van der Waals surface area contributed by atoms with Crippen molar-refractivity contribution in [2.45, 2.75) is 63.3 Å². The lowest BCUT2D eigenvalue weighted by atomic mass is 9.90. The lowest BCUT2D eigenvalue weighted by Crippen LogP contribution is -2.47. The van der Waals surface area contributed by atoms with Crippen LogP contribution in [0.4, 0.5) is 4.79 Å². The summed E-state index contributed by atoms with van der Waals surface area (Å²) in [5, 5.41) is 14.0. The van der Waals surface area contributed by atoms with E-state index in [1.54, 1.807) is 18.2 Å². The van der Waals surface area contributed by atoms with Crippen LogP contribution in [0.3, 0.4) is 0 Å². The molecular weight excluding hydrogens is 472 g/mol. The standard InChI is InChI=1S/C14H23N3O3.C10H17N3O.ClH/c1-13(2,3)20-12(18)17-8-5-14(19,6-9-17)11-15-7-10-16(11)4;1-13-8-7-12-9(13)10(14-2)3-5-11-6-4-10;/h7,10,19H,5-6,8-9H2,1-4H3;7-8,11H,3-6H2,1-2H3;1H. The van der Waals surface area contributed by atoms with E-state index in [4.69, 9.17) is 9.47 Å². The Morgan fingerprint density at radius 3 is 1.94 bits per heavy atom. The van der Waals surface area contributed by atoms with Crippen molar-refractivity contribution in [3.05, 3.63) is 36.4 Å². The smallest absolute Gasteiger partial charge is 0.410 e. The molecule has 1 amide bonds. The van der Waals surface area contributed by atoms with E-state index in [0.29, 0.717) is 31.8 Å². The van der Waals surface area contributed by atoms with Gasteiger partial charge >= 0.3 is 6.09 Å². The Kier molecular flexibility index (Phi) is 9.75. The number of piperidine rings is 2. The van der Waals surface area contributed by atoms with E-state index in [1.807, 2.05) is 58.0 Å². The molecule has 0 saturated carbocycles. The maximum Gasteiger partial charge on any atom is 0.410 e. The van der Waals surface area contributed by atoms with Crippen molar-refractivity contribution in [3.8, 4) is 0 Å². The molecule has 10 nitrogen and oxygen atoms in total. The van der Waals surface area contributed by atoms with Gasteiger partial charge in [-0.15, -0.1) is 12.4 Å². The Balaban J connectivity index is 0.000000254. The molecule has 0 spiro atoms. The topological polar surface area (TPSA) is 107 Å².